The van der Waals surface area contributed by atoms with Crippen LogP contribution in [0.1, 0.15) is 49.1 Å². The van der Waals surface area contributed by atoms with E-state index in [0.29, 0.717) is 18.1 Å². The maximum absolute atomic E-state index is 10.8. The van der Waals surface area contributed by atoms with Crippen molar-refractivity contribution in [3.8, 4) is 0 Å². The number of hydrogen-bond donors (Lipinski definition) is 2. The van der Waals surface area contributed by atoms with Crippen LogP contribution >= 0.6 is 0 Å². The van der Waals surface area contributed by atoms with Crippen molar-refractivity contribution in [1.29, 1.82) is 0 Å². The minimum absolute atomic E-state index is 0.0318. The Morgan fingerprint density at radius 1 is 1.56 bits per heavy atom. The third kappa shape index (κ3) is 3.10. The fraction of sp³-hybridized carbons (Fsp3) is 0.583. The van der Waals surface area contributed by atoms with Crippen molar-refractivity contribution in [1.82, 2.24) is 5.32 Å². The highest BCUT2D eigenvalue weighted by molar-refractivity contribution is 5.88. The van der Waals surface area contributed by atoms with Gasteiger partial charge in [-0.25, -0.2) is 4.79 Å². The molecule has 0 radical (unpaired) electrons. The van der Waals surface area contributed by atoms with Gasteiger partial charge in [-0.1, -0.05) is 6.92 Å². The summed E-state index contributed by atoms with van der Waals surface area (Å²) in [5, 5.41) is 12.2. The van der Waals surface area contributed by atoms with Crippen molar-refractivity contribution in [2.45, 2.75) is 46.2 Å². The third-order valence-electron chi connectivity index (χ3n) is 2.82. The molecule has 0 aliphatic heterocycles. The van der Waals surface area contributed by atoms with E-state index in [4.69, 9.17) is 9.52 Å². The van der Waals surface area contributed by atoms with E-state index in [9.17, 15) is 4.79 Å². The van der Waals surface area contributed by atoms with Gasteiger partial charge in [0.15, 0.2) is 0 Å². The first-order chi connectivity index (χ1) is 7.35. The summed E-state index contributed by atoms with van der Waals surface area (Å²) >= 11 is 0. The molecule has 0 fully saturated rings. The van der Waals surface area contributed by atoms with Gasteiger partial charge in [-0.2, -0.15) is 0 Å². The van der Waals surface area contributed by atoms with Crippen molar-refractivity contribution < 1.29 is 14.3 Å². The third-order valence-corrected chi connectivity index (χ3v) is 2.82. The lowest BCUT2D eigenvalue weighted by atomic mass is 10.0. The predicted octanol–water partition coefficient (Wildman–Crippen LogP) is 2.56. The number of carboxylic acid groups (broad SMARTS) is 1. The quantitative estimate of drug-likeness (QED) is 0.808. The average Bonchev–Trinajstić information content (AvgIpc) is 2.57. The highest BCUT2D eigenvalue weighted by Gasteiger charge is 2.17. The molecule has 0 aromatic carbocycles. The van der Waals surface area contributed by atoms with Gasteiger partial charge in [0.05, 0.1) is 6.54 Å². The van der Waals surface area contributed by atoms with Crippen LogP contribution in [0.15, 0.2) is 10.5 Å². The molecule has 0 saturated carbocycles. The first-order valence-corrected chi connectivity index (χ1v) is 5.43. The van der Waals surface area contributed by atoms with Crippen LogP contribution in [0.3, 0.4) is 0 Å². The van der Waals surface area contributed by atoms with Gasteiger partial charge in [-0.3, -0.25) is 0 Å². The topological polar surface area (TPSA) is 62.5 Å². The standard InChI is InChI=1S/C12H19NO3/c1-5-12(3,4)13-7-9-6-10(11(14)15)8(2)16-9/h6,13H,5,7H2,1-4H3,(H,14,15). The van der Waals surface area contributed by atoms with Crippen LogP contribution in [-0.2, 0) is 6.54 Å². The lowest BCUT2D eigenvalue weighted by molar-refractivity contribution is 0.0695. The Bertz CT molecular complexity index is 380. The van der Waals surface area contributed by atoms with Gasteiger partial charge in [-0.15, -0.1) is 0 Å². The molecule has 0 atom stereocenters. The Morgan fingerprint density at radius 3 is 2.62 bits per heavy atom. The van der Waals surface area contributed by atoms with E-state index in [1.165, 1.54) is 0 Å². The molecular formula is C12H19NO3. The number of carboxylic acids is 1. The Hall–Kier alpha value is -1.29. The SMILES string of the molecule is CCC(C)(C)NCc1cc(C(=O)O)c(C)o1. The van der Waals surface area contributed by atoms with Gasteiger partial charge in [0.25, 0.3) is 0 Å². The van der Waals surface area contributed by atoms with E-state index < -0.39 is 5.97 Å². The summed E-state index contributed by atoms with van der Waals surface area (Å²) in [6, 6.07) is 1.58. The van der Waals surface area contributed by atoms with Gasteiger partial charge in [0.2, 0.25) is 0 Å². The Morgan fingerprint density at radius 2 is 2.19 bits per heavy atom. The lowest BCUT2D eigenvalue weighted by Gasteiger charge is -2.23. The van der Waals surface area contributed by atoms with Crippen molar-refractivity contribution in [3.05, 3.63) is 23.2 Å². The molecule has 2 N–H and O–H groups in total. The molecule has 0 amide bonds. The van der Waals surface area contributed by atoms with Crippen LogP contribution in [0.25, 0.3) is 0 Å². The van der Waals surface area contributed by atoms with Gasteiger partial charge in [0, 0.05) is 5.54 Å². The summed E-state index contributed by atoms with van der Waals surface area (Å²) in [7, 11) is 0. The second-order valence-electron chi connectivity index (χ2n) is 4.58. The van der Waals surface area contributed by atoms with Gasteiger partial charge in [0.1, 0.15) is 17.1 Å². The van der Waals surface area contributed by atoms with Crippen molar-refractivity contribution in [2.24, 2.45) is 0 Å². The minimum atomic E-state index is -0.942. The molecule has 1 heterocycles. The fourth-order valence-electron chi connectivity index (χ4n) is 1.29. The molecule has 1 rings (SSSR count). The first kappa shape index (κ1) is 12.8. The van der Waals surface area contributed by atoms with Gasteiger partial charge in [-0.05, 0) is 33.3 Å². The summed E-state index contributed by atoms with van der Waals surface area (Å²) in [6.45, 7) is 8.51. The Balaban J connectivity index is 2.69. The highest BCUT2D eigenvalue weighted by Crippen LogP contribution is 2.16. The molecule has 0 aliphatic rings. The zero-order chi connectivity index (χ0) is 12.3. The molecule has 1 aromatic heterocycles. The van der Waals surface area contributed by atoms with Crippen molar-refractivity contribution in [2.75, 3.05) is 0 Å². The summed E-state index contributed by atoms with van der Waals surface area (Å²) in [5.41, 5.74) is 0.274. The zero-order valence-corrected chi connectivity index (χ0v) is 10.3. The molecule has 0 aliphatic carbocycles. The largest absolute Gasteiger partial charge is 0.478 e. The molecule has 4 nitrogen and oxygen atoms in total. The fourth-order valence-corrected chi connectivity index (χ4v) is 1.29. The maximum Gasteiger partial charge on any atom is 0.339 e. The number of hydrogen-bond acceptors (Lipinski definition) is 3. The maximum atomic E-state index is 10.8. The summed E-state index contributed by atoms with van der Waals surface area (Å²) in [4.78, 5) is 10.8. The number of carbonyl (C=O) groups is 1. The molecule has 90 valence electrons. The van der Waals surface area contributed by atoms with Gasteiger partial charge >= 0.3 is 5.97 Å². The second-order valence-corrected chi connectivity index (χ2v) is 4.58. The van der Waals surface area contributed by atoms with Crippen LogP contribution in [0.5, 0.6) is 0 Å². The number of aryl methyl sites for hydroxylation is 1. The number of aromatic carboxylic acids is 1. The van der Waals surface area contributed by atoms with Crippen LogP contribution in [0.4, 0.5) is 0 Å². The van der Waals surface area contributed by atoms with Crippen LogP contribution in [-0.4, -0.2) is 16.6 Å². The van der Waals surface area contributed by atoms with Crippen LogP contribution in [0, 0.1) is 6.92 Å². The second kappa shape index (κ2) is 4.70. The molecule has 16 heavy (non-hydrogen) atoms. The predicted molar refractivity (Wildman–Crippen MR) is 61.6 cm³/mol. The van der Waals surface area contributed by atoms with Crippen LogP contribution in [0.2, 0.25) is 0 Å². The van der Waals surface area contributed by atoms with Crippen molar-refractivity contribution in [3.63, 3.8) is 0 Å². The molecule has 0 spiro atoms. The minimum Gasteiger partial charge on any atom is -0.478 e. The normalized spacial score (nSPS) is 11.8. The Kier molecular flexibility index (Phi) is 3.75. The van der Waals surface area contributed by atoms with E-state index in [-0.39, 0.29) is 11.1 Å². The molecule has 0 bridgehead atoms. The molecule has 0 saturated heterocycles. The van der Waals surface area contributed by atoms with E-state index >= 15 is 0 Å². The number of rotatable bonds is 5. The summed E-state index contributed by atoms with van der Waals surface area (Å²) in [5.74, 6) is 0.178. The zero-order valence-electron chi connectivity index (χ0n) is 10.3. The Labute approximate surface area is 95.7 Å². The lowest BCUT2D eigenvalue weighted by Crippen LogP contribution is -2.37. The summed E-state index contributed by atoms with van der Waals surface area (Å²) in [6.07, 6.45) is 0.998. The summed E-state index contributed by atoms with van der Waals surface area (Å²) < 4.78 is 5.37. The first-order valence-electron chi connectivity index (χ1n) is 5.43. The van der Waals surface area contributed by atoms with Crippen LogP contribution < -0.4 is 5.32 Å². The molecule has 0 unspecified atom stereocenters. The smallest absolute Gasteiger partial charge is 0.339 e. The molecule has 4 heteroatoms. The van der Waals surface area contributed by atoms with Gasteiger partial charge < -0.3 is 14.8 Å². The average molecular weight is 225 g/mol. The van der Waals surface area contributed by atoms with E-state index in [1.54, 1.807) is 13.0 Å². The monoisotopic (exact) mass is 225 g/mol. The number of furan rings is 1. The van der Waals surface area contributed by atoms with Crippen molar-refractivity contribution >= 4 is 5.97 Å². The van der Waals surface area contributed by atoms with E-state index in [1.807, 2.05) is 0 Å². The van der Waals surface area contributed by atoms with E-state index in [0.717, 1.165) is 6.42 Å². The molecular weight excluding hydrogens is 206 g/mol. The van der Waals surface area contributed by atoms with E-state index in [2.05, 4.69) is 26.1 Å². The highest BCUT2D eigenvalue weighted by atomic mass is 16.4. The number of nitrogens with one attached hydrogen (secondary N) is 1. The molecule has 1 aromatic rings.